The lowest BCUT2D eigenvalue weighted by atomic mass is 10.00. The van der Waals surface area contributed by atoms with E-state index in [1.54, 1.807) is 0 Å². The first-order valence-electron chi connectivity index (χ1n) is 7.45. The molecule has 0 aliphatic rings. The molecule has 0 saturated heterocycles. The lowest BCUT2D eigenvalue weighted by Gasteiger charge is -2.13. The molecule has 2 nitrogen and oxygen atoms in total. The van der Waals surface area contributed by atoms with Crippen LogP contribution in [0.2, 0.25) is 0 Å². The molecule has 20 heavy (non-hydrogen) atoms. The van der Waals surface area contributed by atoms with Gasteiger partial charge >= 0.3 is 5.97 Å². The van der Waals surface area contributed by atoms with Crippen LogP contribution in [0.25, 0.3) is 10.8 Å². The van der Waals surface area contributed by atoms with E-state index in [-0.39, 0.29) is 11.9 Å². The van der Waals surface area contributed by atoms with E-state index in [0.29, 0.717) is 5.75 Å². The fourth-order valence-electron chi connectivity index (χ4n) is 2.37. The standard InChI is InChI=1S/C18H22O2/c1-3-5-8-14(4-2)18(19)20-17-12-11-15-9-6-7-10-16(15)13-17/h6-7,9-14H,3-5,8H2,1-2H3. The molecular formula is C18H22O2. The fraction of sp³-hybridized carbons (Fsp3) is 0.389. The molecule has 0 bridgehead atoms. The molecule has 0 heterocycles. The van der Waals surface area contributed by atoms with Gasteiger partial charge in [0.2, 0.25) is 0 Å². The second-order valence-electron chi connectivity index (χ2n) is 5.18. The third-order valence-corrected chi connectivity index (χ3v) is 3.67. The highest BCUT2D eigenvalue weighted by atomic mass is 16.5. The number of hydrogen-bond donors (Lipinski definition) is 0. The van der Waals surface area contributed by atoms with Crippen molar-refractivity contribution in [3.05, 3.63) is 42.5 Å². The molecule has 0 aliphatic carbocycles. The van der Waals surface area contributed by atoms with Gasteiger partial charge in [0.25, 0.3) is 0 Å². The Morgan fingerprint density at radius 3 is 2.55 bits per heavy atom. The Kier molecular flexibility index (Phi) is 5.16. The third kappa shape index (κ3) is 3.60. The predicted octanol–water partition coefficient (Wildman–Crippen LogP) is 4.96. The van der Waals surface area contributed by atoms with Gasteiger partial charge in [-0.2, -0.15) is 0 Å². The number of hydrogen-bond acceptors (Lipinski definition) is 2. The third-order valence-electron chi connectivity index (χ3n) is 3.67. The molecule has 2 aromatic carbocycles. The van der Waals surface area contributed by atoms with E-state index in [4.69, 9.17) is 4.74 Å². The van der Waals surface area contributed by atoms with E-state index >= 15 is 0 Å². The number of carbonyl (C=O) groups is 1. The van der Waals surface area contributed by atoms with Crippen molar-refractivity contribution in [3.8, 4) is 5.75 Å². The molecule has 1 atom stereocenters. The van der Waals surface area contributed by atoms with Crippen molar-refractivity contribution in [2.75, 3.05) is 0 Å². The Morgan fingerprint density at radius 2 is 1.85 bits per heavy atom. The van der Waals surface area contributed by atoms with Gasteiger partial charge in [0.1, 0.15) is 5.75 Å². The molecule has 2 rings (SSSR count). The first-order chi connectivity index (χ1) is 9.74. The van der Waals surface area contributed by atoms with Crippen molar-refractivity contribution in [3.63, 3.8) is 0 Å². The first-order valence-corrected chi connectivity index (χ1v) is 7.45. The summed E-state index contributed by atoms with van der Waals surface area (Å²) in [5, 5.41) is 2.25. The average molecular weight is 270 g/mol. The molecule has 0 saturated carbocycles. The van der Waals surface area contributed by atoms with E-state index < -0.39 is 0 Å². The van der Waals surface area contributed by atoms with E-state index in [2.05, 4.69) is 13.0 Å². The number of rotatable bonds is 6. The molecular weight excluding hydrogens is 248 g/mol. The predicted molar refractivity (Wildman–Crippen MR) is 82.9 cm³/mol. The van der Waals surface area contributed by atoms with Gasteiger partial charge in [-0.3, -0.25) is 4.79 Å². The Labute approximate surface area is 120 Å². The monoisotopic (exact) mass is 270 g/mol. The highest BCUT2D eigenvalue weighted by Gasteiger charge is 2.18. The average Bonchev–Trinajstić information content (AvgIpc) is 2.48. The number of ether oxygens (including phenoxy) is 1. The van der Waals surface area contributed by atoms with Crippen LogP contribution in [0.5, 0.6) is 5.75 Å². The van der Waals surface area contributed by atoms with Crippen molar-refractivity contribution in [1.82, 2.24) is 0 Å². The van der Waals surface area contributed by atoms with Crippen molar-refractivity contribution < 1.29 is 9.53 Å². The first kappa shape index (κ1) is 14.6. The topological polar surface area (TPSA) is 26.3 Å². The zero-order valence-electron chi connectivity index (χ0n) is 12.3. The number of fused-ring (bicyclic) bond motifs is 1. The van der Waals surface area contributed by atoms with Crippen LogP contribution in [0.4, 0.5) is 0 Å². The summed E-state index contributed by atoms with van der Waals surface area (Å²) >= 11 is 0. The quantitative estimate of drug-likeness (QED) is 0.547. The van der Waals surface area contributed by atoms with E-state index in [9.17, 15) is 4.79 Å². The Bertz CT molecular complexity index is 574. The summed E-state index contributed by atoms with van der Waals surface area (Å²) in [5.74, 6) is 0.557. The lowest BCUT2D eigenvalue weighted by Crippen LogP contribution is -2.19. The molecule has 106 valence electrons. The molecule has 0 spiro atoms. The van der Waals surface area contributed by atoms with Gasteiger partial charge in [0.05, 0.1) is 5.92 Å². The van der Waals surface area contributed by atoms with E-state index in [1.807, 2.05) is 43.3 Å². The summed E-state index contributed by atoms with van der Waals surface area (Å²) < 4.78 is 5.53. The summed E-state index contributed by atoms with van der Waals surface area (Å²) in [7, 11) is 0. The molecule has 0 aromatic heterocycles. The van der Waals surface area contributed by atoms with Crippen molar-refractivity contribution in [1.29, 1.82) is 0 Å². The SMILES string of the molecule is CCCCC(CC)C(=O)Oc1ccc2ccccc2c1. The minimum Gasteiger partial charge on any atom is -0.426 e. The molecule has 2 aromatic rings. The molecule has 1 unspecified atom stereocenters. The molecule has 2 heteroatoms. The van der Waals surface area contributed by atoms with Crippen LogP contribution in [0.1, 0.15) is 39.5 Å². The number of unbranched alkanes of at least 4 members (excludes halogenated alkanes) is 1. The van der Waals surface area contributed by atoms with Gasteiger partial charge in [0, 0.05) is 0 Å². The molecule has 0 radical (unpaired) electrons. The highest BCUT2D eigenvalue weighted by molar-refractivity contribution is 5.85. The minimum absolute atomic E-state index is 0.0152. The lowest BCUT2D eigenvalue weighted by molar-refractivity contribution is -0.139. The van der Waals surface area contributed by atoms with Crippen molar-refractivity contribution >= 4 is 16.7 Å². The molecule has 0 aliphatic heterocycles. The van der Waals surface area contributed by atoms with Crippen LogP contribution >= 0.6 is 0 Å². The normalized spacial score (nSPS) is 12.3. The second-order valence-corrected chi connectivity index (χ2v) is 5.18. The van der Waals surface area contributed by atoms with Crippen LogP contribution in [-0.2, 0) is 4.79 Å². The molecule has 0 fully saturated rings. The van der Waals surface area contributed by atoms with Crippen LogP contribution in [0, 0.1) is 5.92 Å². The smallest absolute Gasteiger partial charge is 0.314 e. The maximum absolute atomic E-state index is 12.2. The van der Waals surface area contributed by atoms with Crippen LogP contribution in [0.3, 0.4) is 0 Å². The zero-order valence-corrected chi connectivity index (χ0v) is 12.3. The largest absolute Gasteiger partial charge is 0.426 e. The van der Waals surface area contributed by atoms with Crippen molar-refractivity contribution in [2.24, 2.45) is 5.92 Å². The van der Waals surface area contributed by atoms with Gasteiger partial charge in [-0.05, 0) is 35.7 Å². The Morgan fingerprint density at radius 1 is 1.10 bits per heavy atom. The van der Waals surface area contributed by atoms with E-state index in [1.165, 1.54) is 0 Å². The minimum atomic E-state index is -0.101. The molecule has 0 N–H and O–H groups in total. The highest BCUT2D eigenvalue weighted by Crippen LogP contribution is 2.22. The van der Waals surface area contributed by atoms with Gasteiger partial charge in [-0.25, -0.2) is 0 Å². The Hall–Kier alpha value is -1.83. The summed E-state index contributed by atoms with van der Waals surface area (Å²) in [6, 6.07) is 13.9. The number of esters is 1. The molecule has 0 amide bonds. The summed E-state index contributed by atoms with van der Waals surface area (Å²) in [6.45, 7) is 4.18. The van der Waals surface area contributed by atoms with Gasteiger partial charge in [-0.15, -0.1) is 0 Å². The summed E-state index contributed by atoms with van der Waals surface area (Å²) in [5.41, 5.74) is 0. The fourth-order valence-corrected chi connectivity index (χ4v) is 2.37. The van der Waals surface area contributed by atoms with Crippen LogP contribution in [-0.4, -0.2) is 5.97 Å². The van der Waals surface area contributed by atoms with Gasteiger partial charge < -0.3 is 4.74 Å². The Balaban J connectivity index is 2.08. The number of benzene rings is 2. The van der Waals surface area contributed by atoms with Crippen LogP contribution in [0.15, 0.2) is 42.5 Å². The zero-order chi connectivity index (χ0) is 14.4. The number of carbonyl (C=O) groups excluding carboxylic acids is 1. The van der Waals surface area contributed by atoms with Gasteiger partial charge in [0.15, 0.2) is 0 Å². The van der Waals surface area contributed by atoms with Gasteiger partial charge in [-0.1, -0.05) is 57.0 Å². The maximum atomic E-state index is 12.2. The van der Waals surface area contributed by atoms with Crippen molar-refractivity contribution in [2.45, 2.75) is 39.5 Å². The maximum Gasteiger partial charge on any atom is 0.314 e. The summed E-state index contributed by atoms with van der Waals surface area (Å²) in [6.07, 6.45) is 3.94. The summed E-state index contributed by atoms with van der Waals surface area (Å²) in [4.78, 5) is 12.2. The van der Waals surface area contributed by atoms with E-state index in [0.717, 1.165) is 36.5 Å². The second kappa shape index (κ2) is 7.09. The van der Waals surface area contributed by atoms with Crippen LogP contribution < -0.4 is 4.74 Å².